The topological polar surface area (TPSA) is 23.6 Å². The van der Waals surface area contributed by atoms with Crippen LogP contribution in [0.1, 0.15) is 32.3 Å². The Hall–Kier alpha value is -1.35. The van der Waals surface area contributed by atoms with Crippen molar-refractivity contribution < 1.29 is 4.79 Å². The van der Waals surface area contributed by atoms with Gasteiger partial charge in [-0.25, -0.2) is 0 Å². The van der Waals surface area contributed by atoms with Crippen molar-refractivity contribution in [3.05, 3.63) is 35.9 Å². The third kappa shape index (κ3) is 3.83. The van der Waals surface area contributed by atoms with E-state index in [1.807, 2.05) is 37.1 Å². The van der Waals surface area contributed by atoms with E-state index in [-0.39, 0.29) is 11.9 Å². The van der Waals surface area contributed by atoms with Gasteiger partial charge in [0.25, 0.3) is 0 Å². The summed E-state index contributed by atoms with van der Waals surface area (Å²) in [5.41, 5.74) is 1.18. The molecule has 2 atom stereocenters. The number of rotatable bonds is 4. The minimum absolute atomic E-state index is 0.00791. The quantitative estimate of drug-likeness (QED) is 0.843. The van der Waals surface area contributed by atoms with Gasteiger partial charge in [0.05, 0.1) is 6.04 Å². The van der Waals surface area contributed by atoms with Crippen LogP contribution in [0.4, 0.5) is 0 Å². The zero-order valence-corrected chi connectivity index (χ0v) is 12.9. The van der Waals surface area contributed by atoms with Gasteiger partial charge in [0.1, 0.15) is 0 Å². The molecular formula is C17H26N2O. The fraction of sp³-hybridized carbons (Fsp3) is 0.588. The van der Waals surface area contributed by atoms with E-state index in [1.54, 1.807) is 0 Å². The number of benzene rings is 1. The van der Waals surface area contributed by atoms with Crippen molar-refractivity contribution in [3.63, 3.8) is 0 Å². The van der Waals surface area contributed by atoms with Crippen LogP contribution in [-0.2, 0) is 11.3 Å². The maximum Gasteiger partial charge on any atom is 0.239 e. The molecule has 2 rings (SSSR count). The number of carbonyl (C=O) groups is 1. The number of carbonyl (C=O) groups excluding carboxylic acids is 1. The summed E-state index contributed by atoms with van der Waals surface area (Å²) in [4.78, 5) is 16.7. The Morgan fingerprint density at radius 2 is 2.10 bits per heavy atom. The van der Waals surface area contributed by atoms with Gasteiger partial charge in [-0.1, -0.05) is 37.3 Å². The molecule has 0 N–H and O–H groups in total. The van der Waals surface area contributed by atoms with E-state index >= 15 is 0 Å². The molecule has 110 valence electrons. The van der Waals surface area contributed by atoms with Gasteiger partial charge in [0.2, 0.25) is 5.91 Å². The van der Waals surface area contributed by atoms with E-state index in [9.17, 15) is 4.79 Å². The monoisotopic (exact) mass is 274 g/mol. The summed E-state index contributed by atoms with van der Waals surface area (Å²) >= 11 is 0. The van der Waals surface area contributed by atoms with Crippen molar-refractivity contribution >= 4 is 5.91 Å². The van der Waals surface area contributed by atoms with Crippen LogP contribution in [-0.4, -0.2) is 41.9 Å². The summed E-state index contributed by atoms with van der Waals surface area (Å²) in [5, 5.41) is 0. The number of piperidine rings is 1. The molecular weight excluding hydrogens is 248 g/mol. The van der Waals surface area contributed by atoms with E-state index < -0.39 is 0 Å². The van der Waals surface area contributed by atoms with E-state index in [2.05, 4.69) is 24.0 Å². The first-order valence-electron chi connectivity index (χ1n) is 7.61. The Bertz CT molecular complexity index is 432. The second-order valence-corrected chi connectivity index (χ2v) is 6.10. The molecule has 3 nitrogen and oxygen atoms in total. The second-order valence-electron chi connectivity index (χ2n) is 6.10. The average Bonchev–Trinajstić information content (AvgIpc) is 2.46. The summed E-state index contributed by atoms with van der Waals surface area (Å²) < 4.78 is 0. The van der Waals surface area contributed by atoms with Gasteiger partial charge in [-0.05, 0) is 37.8 Å². The Balaban J connectivity index is 1.92. The molecule has 1 heterocycles. The molecule has 0 bridgehead atoms. The highest BCUT2D eigenvalue weighted by Gasteiger charge is 2.27. The lowest BCUT2D eigenvalue weighted by atomic mass is 9.99. The number of likely N-dealkylation sites (tertiary alicyclic amines) is 1. The molecule has 0 radical (unpaired) electrons. The Morgan fingerprint density at radius 3 is 2.75 bits per heavy atom. The minimum atomic E-state index is -0.00791. The summed E-state index contributed by atoms with van der Waals surface area (Å²) in [5.74, 6) is 0.932. The average molecular weight is 274 g/mol. The van der Waals surface area contributed by atoms with Crippen LogP contribution in [0.5, 0.6) is 0 Å². The largest absolute Gasteiger partial charge is 0.340 e. The standard InChI is InChI=1S/C17H26N2O/c1-14-8-7-11-19(12-14)15(2)17(20)18(3)13-16-9-5-4-6-10-16/h4-6,9-10,14-15H,7-8,11-13H2,1-3H3. The molecule has 1 aliphatic heterocycles. The van der Waals surface area contributed by atoms with Crippen molar-refractivity contribution in [1.29, 1.82) is 0 Å². The molecule has 1 fully saturated rings. The first kappa shape index (κ1) is 15.0. The molecule has 0 aromatic heterocycles. The number of likely N-dealkylation sites (N-methyl/N-ethyl adjacent to an activating group) is 1. The van der Waals surface area contributed by atoms with Crippen molar-refractivity contribution in [2.24, 2.45) is 5.92 Å². The molecule has 1 aliphatic rings. The van der Waals surface area contributed by atoms with Gasteiger partial charge < -0.3 is 4.90 Å². The van der Waals surface area contributed by atoms with Gasteiger partial charge in [0, 0.05) is 20.1 Å². The van der Waals surface area contributed by atoms with Crippen LogP contribution in [0.2, 0.25) is 0 Å². The molecule has 3 heteroatoms. The first-order chi connectivity index (χ1) is 9.58. The normalized spacial score (nSPS) is 21.4. The zero-order valence-electron chi connectivity index (χ0n) is 12.9. The van der Waals surface area contributed by atoms with Gasteiger partial charge in [-0.3, -0.25) is 9.69 Å². The lowest BCUT2D eigenvalue weighted by molar-refractivity contribution is -0.136. The van der Waals surface area contributed by atoms with Crippen LogP contribution >= 0.6 is 0 Å². The number of amides is 1. The number of hydrogen-bond donors (Lipinski definition) is 0. The second kappa shape index (κ2) is 6.89. The highest BCUT2D eigenvalue weighted by Crippen LogP contribution is 2.18. The number of nitrogens with zero attached hydrogens (tertiary/aromatic N) is 2. The molecule has 1 saturated heterocycles. The van der Waals surface area contributed by atoms with Crippen molar-refractivity contribution in [1.82, 2.24) is 9.80 Å². The predicted octanol–water partition coefficient (Wildman–Crippen LogP) is 2.77. The Morgan fingerprint density at radius 1 is 1.40 bits per heavy atom. The lowest BCUT2D eigenvalue weighted by Gasteiger charge is -2.36. The maximum atomic E-state index is 12.5. The van der Waals surface area contributed by atoms with Crippen molar-refractivity contribution in [2.75, 3.05) is 20.1 Å². The van der Waals surface area contributed by atoms with Crippen molar-refractivity contribution in [2.45, 2.75) is 39.3 Å². The minimum Gasteiger partial charge on any atom is -0.340 e. The van der Waals surface area contributed by atoms with Crippen LogP contribution in [0.15, 0.2) is 30.3 Å². The van der Waals surface area contributed by atoms with E-state index in [1.165, 1.54) is 18.4 Å². The fourth-order valence-electron chi connectivity index (χ4n) is 2.99. The molecule has 2 unspecified atom stereocenters. The van der Waals surface area contributed by atoms with E-state index in [0.29, 0.717) is 12.5 Å². The third-order valence-corrected chi connectivity index (χ3v) is 4.23. The highest BCUT2D eigenvalue weighted by molar-refractivity contribution is 5.81. The van der Waals surface area contributed by atoms with Crippen LogP contribution < -0.4 is 0 Å². The van der Waals surface area contributed by atoms with Crippen LogP contribution in [0, 0.1) is 5.92 Å². The van der Waals surface area contributed by atoms with Crippen LogP contribution in [0.3, 0.4) is 0 Å². The van der Waals surface area contributed by atoms with E-state index in [0.717, 1.165) is 13.1 Å². The first-order valence-corrected chi connectivity index (χ1v) is 7.61. The molecule has 1 aromatic carbocycles. The molecule has 1 amide bonds. The van der Waals surface area contributed by atoms with Gasteiger partial charge in [0.15, 0.2) is 0 Å². The van der Waals surface area contributed by atoms with Crippen LogP contribution in [0.25, 0.3) is 0 Å². The SMILES string of the molecule is CC1CCCN(C(C)C(=O)N(C)Cc2ccccc2)C1. The highest BCUT2D eigenvalue weighted by atomic mass is 16.2. The Labute approximate surface area is 122 Å². The third-order valence-electron chi connectivity index (χ3n) is 4.23. The predicted molar refractivity (Wildman–Crippen MR) is 82.3 cm³/mol. The fourth-order valence-corrected chi connectivity index (χ4v) is 2.99. The summed E-state index contributed by atoms with van der Waals surface area (Å²) in [6, 6.07) is 10.2. The Kier molecular flexibility index (Phi) is 5.18. The summed E-state index contributed by atoms with van der Waals surface area (Å²) in [7, 11) is 1.90. The molecule has 0 saturated carbocycles. The smallest absolute Gasteiger partial charge is 0.239 e. The van der Waals surface area contributed by atoms with E-state index in [4.69, 9.17) is 0 Å². The molecule has 1 aromatic rings. The van der Waals surface area contributed by atoms with Crippen molar-refractivity contribution in [3.8, 4) is 0 Å². The zero-order chi connectivity index (χ0) is 14.5. The molecule has 0 spiro atoms. The molecule has 0 aliphatic carbocycles. The molecule has 20 heavy (non-hydrogen) atoms. The van der Waals surface area contributed by atoms with Gasteiger partial charge in [-0.15, -0.1) is 0 Å². The maximum absolute atomic E-state index is 12.5. The number of hydrogen-bond acceptors (Lipinski definition) is 2. The summed E-state index contributed by atoms with van der Waals surface area (Å²) in [6.07, 6.45) is 2.50. The van der Waals surface area contributed by atoms with Gasteiger partial charge >= 0.3 is 0 Å². The lowest BCUT2D eigenvalue weighted by Crippen LogP contribution is -2.49. The summed E-state index contributed by atoms with van der Waals surface area (Å²) in [6.45, 7) is 7.11. The van der Waals surface area contributed by atoms with Gasteiger partial charge in [-0.2, -0.15) is 0 Å².